The minimum Gasteiger partial charge on any atom is -0.399 e. The zero-order valence-corrected chi connectivity index (χ0v) is 11.8. The lowest BCUT2D eigenvalue weighted by Crippen LogP contribution is -2.30. The summed E-state index contributed by atoms with van der Waals surface area (Å²) in [6, 6.07) is 13.4. The maximum Gasteiger partial charge on any atom is 0.232 e. The average molecular weight is 317 g/mol. The van der Waals surface area contributed by atoms with Crippen molar-refractivity contribution >= 4 is 33.2 Å². The number of fused-ring (bicyclic) bond motifs is 1. The van der Waals surface area contributed by atoms with Gasteiger partial charge in [0.25, 0.3) is 0 Å². The third-order valence-electron chi connectivity index (χ3n) is 3.42. The van der Waals surface area contributed by atoms with Gasteiger partial charge >= 0.3 is 0 Å². The van der Waals surface area contributed by atoms with Crippen molar-refractivity contribution in [1.82, 2.24) is 0 Å². The zero-order valence-electron chi connectivity index (χ0n) is 10.2. The molecule has 0 bridgehead atoms. The summed E-state index contributed by atoms with van der Waals surface area (Å²) in [7, 11) is 0. The van der Waals surface area contributed by atoms with Crippen LogP contribution in [0, 0.1) is 0 Å². The van der Waals surface area contributed by atoms with E-state index in [0.29, 0.717) is 5.69 Å². The van der Waals surface area contributed by atoms with Crippen LogP contribution in [0.4, 0.5) is 11.4 Å². The number of halogens is 1. The van der Waals surface area contributed by atoms with E-state index in [9.17, 15) is 4.79 Å². The van der Waals surface area contributed by atoms with E-state index in [4.69, 9.17) is 5.73 Å². The van der Waals surface area contributed by atoms with E-state index < -0.39 is 0 Å². The average Bonchev–Trinajstić information content (AvgIpc) is 2.35. The molecule has 96 valence electrons. The molecule has 0 saturated heterocycles. The van der Waals surface area contributed by atoms with Gasteiger partial charge in [-0.3, -0.25) is 4.79 Å². The second-order valence-electron chi connectivity index (χ2n) is 4.68. The van der Waals surface area contributed by atoms with E-state index in [1.54, 1.807) is 12.1 Å². The van der Waals surface area contributed by atoms with Crippen LogP contribution in [0.15, 0.2) is 46.9 Å². The SMILES string of the molecule is Nc1ccc(Br)c(NC(=O)C2Cc3ccccc32)c1. The summed E-state index contributed by atoms with van der Waals surface area (Å²) in [6.07, 6.45) is 0.807. The molecule has 0 saturated carbocycles. The first-order chi connectivity index (χ1) is 9.15. The molecule has 3 rings (SSSR count). The number of nitrogens with two attached hydrogens (primary N) is 1. The molecular formula is C15H13BrN2O. The summed E-state index contributed by atoms with van der Waals surface area (Å²) in [5.74, 6) is -0.0328. The molecule has 3 N–H and O–H groups in total. The van der Waals surface area contributed by atoms with E-state index in [-0.39, 0.29) is 11.8 Å². The summed E-state index contributed by atoms with van der Waals surface area (Å²) in [5, 5.41) is 2.93. The topological polar surface area (TPSA) is 55.1 Å². The van der Waals surface area contributed by atoms with Crippen LogP contribution in [-0.4, -0.2) is 5.91 Å². The Morgan fingerprint density at radius 2 is 2.05 bits per heavy atom. The molecule has 0 radical (unpaired) electrons. The van der Waals surface area contributed by atoms with E-state index in [2.05, 4.69) is 27.3 Å². The lowest BCUT2D eigenvalue weighted by atomic mass is 9.77. The molecule has 0 fully saturated rings. The molecular weight excluding hydrogens is 304 g/mol. The highest BCUT2D eigenvalue weighted by Crippen LogP contribution is 2.36. The van der Waals surface area contributed by atoms with Crippen LogP contribution in [0.2, 0.25) is 0 Å². The van der Waals surface area contributed by atoms with Gasteiger partial charge in [-0.2, -0.15) is 0 Å². The highest BCUT2D eigenvalue weighted by atomic mass is 79.9. The molecule has 0 heterocycles. The molecule has 0 aromatic heterocycles. The van der Waals surface area contributed by atoms with E-state index >= 15 is 0 Å². The molecule has 0 aliphatic heterocycles. The van der Waals surface area contributed by atoms with Gasteiger partial charge in [-0.1, -0.05) is 24.3 Å². The third kappa shape index (κ3) is 2.24. The molecule has 3 nitrogen and oxygen atoms in total. The van der Waals surface area contributed by atoms with Crippen LogP contribution in [0.1, 0.15) is 17.0 Å². The Morgan fingerprint density at radius 1 is 1.26 bits per heavy atom. The van der Waals surface area contributed by atoms with E-state index in [1.807, 2.05) is 24.3 Å². The Kier molecular flexibility index (Phi) is 3.03. The Bertz CT molecular complexity index is 654. The number of hydrogen-bond donors (Lipinski definition) is 2. The number of benzene rings is 2. The first-order valence-corrected chi connectivity index (χ1v) is 6.88. The van der Waals surface area contributed by atoms with Gasteiger partial charge in [0.05, 0.1) is 11.6 Å². The largest absolute Gasteiger partial charge is 0.399 e. The molecule has 1 amide bonds. The van der Waals surface area contributed by atoms with Crippen molar-refractivity contribution in [2.24, 2.45) is 0 Å². The number of hydrogen-bond acceptors (Lipinski definition) is 2. The van der Waals surface area contributed by atoms with Gasteiger partial charge in [0.15, 0.2) is 0 Å². The second kappa shape index (κ2) is 4.70. The summed E-state index contributed by atoms with van der Waals surface area (Å²) in [6.45, 7) is 0. The lowest BCUT2D eigenvalue weighted by molar-refractivity contribution is -0.118. The molecule has 1 atom stereocenters. The van der Waals surface area contributed by atoms with Crippen molar-refractivity contribution in [3.05, 3.63) is 58.1 Å². The predicted octanol–water partition coefficient (Wildman–Crippen LogP) is 3.31. The molecule has 1 aliphatic carbocycles. The van der Waals surface area contributed by atoms with Gasteiger partial charge < -0.3 is 11.1 Å². The lowest BCUT2D eigenvalue weighted by Gasteiger charge is -2.29. The molecule has 1 unspecified atom stereocenters. The number of carbonyl (C=O) groups is 1. The predicted molar refractivity (Wildman–Crippen MR) is 80.1 cm³/mol. The maximum absolute atomic E-state index is 12.2. The number of amides is 1. The Hall–Kier alpha value is -1.81. The standard InChI is InChI=1S/C15H13BrN2O/c16-13-6-5-10(17)8-14(13)18-15(19)12-7-9-3-1-2-4-11(9)12/h1-6,8,12H,7,17H2,(H,18,19). The number of anilines is 2. The van der Waals surface area contributed by atoms with Crippen molar-refractivity contribution in [2.75, 3.05) is 11.1 Å². The third-order valence-corrected chi connectivity index (χ3v) is 4.11. The van der Waals surface area contributed by atoms with Crippen LogP contribution in [-0.2, 0) is 11.2 Å². The first kappa shape index (κ1) is 12.2. The van der Waals surface area contributed by atoms with Gasteiger partial charge in [-0.25, -0.2) is 0 Å². The van der Waals surface area contributed by atoms with Gasteiger partial charge in [-0.15, -0.1) is 0 Å². The fourth-order valence-electron chi connectivity index (χ4n) is 2.35. The van der Waals surface area contributed by atoms with Crippen molar-refractivity contribution in [2.45, 2.75) is 12.3 Å². The summed E-state index contributed by atoms with van der Waals surface area (Å²) in [4.78, 5) is 12.2. The fraction of sp³-hybridized carbons (Fsp3) is 0.133. The highest BCUT2D eigenvalue weighted by Gasteiger charge is 2.31. The summed E-state index contributed by atoms with van der Waals surface area (Å²) in [5.41, 5.74) is 9.46. The molecule has 19 heavy (non-hydrogen) atoms. The molecule has 4 heteroatoms. The zero-order chi connectivity index (χ0) is 13.4. The quantitative estimate of drug-likeness (QED) is 0.835. The van der Waals surface area contributed by atoms with Crippen LogP contribution in [0.25, 0.3) is 0 Å². The summed E-state index contributed by atoms with van der Waals surface area (Å²) < 4.78 is 0.836. The molecule has 0 spiro atoms. The van der Waals surface area contributed by atoms with Crippen LogP contribution < -0.4 is 11.1 Å². The maximum atomic E-state index is 12.2. The molecule has 2 aromatic rings. The van der Waals surface area contributed by atoms with Crippen LogP contribution in [0.3, 0.4) is 0 Å². The van der Waals surface area contributed by atoms with Gasteiger partial charge in [0, 0.05) is 10.2 Å². The number of carbonyl (C=O) groups excluding carboxylic acids is 1. The minimum atomic E-state index is -0.0514. The fourth-order valence-corrected chi connectivity index (χ4v) is 2.70. The van der Waals surface area contributed by atoms with Crippen molar-refractivity contribution in [1.29, 1.82) is 0 Å². The smallest absolute Gasteiger partial charge is 0.232 e. The first-order valence-electron chi connectivity index (χ1n) is 6.09. The second-order valence-corrected chi connectivity index (χ2v) is 5.54. The Morgan fingerprint density at radius 3 is 2.84 bits per heavy atom. The highest BCUT2D eigenvalue weighted by molar-refractivity contribution is 9.10. The van der Waals surface area contributed by atoms with Crippen molar-refractivity contribution in [3.8, 4) is 0 Å². The van der Waals surface area contributed by atoms with Gasteiger partial charge in [0.2, 0.25) is 5.91 Å². The summed E-state index contributed by atoms with van der Waals surface area (Å²) >= 11 is 3.41. The normalized spacial score (nSPS) is 16.4. The Labute approximate surface area is 119 Å². The van der Waals surface area contributed by atoms with Crippen LogP contribution in [0.5, 0.6) is 0 Å². The molecule has 2 aromatic carbocycles. The van der Waals surface area contributed by atoms with Gasteiger partial charge in [0.1, 0.15) is 0 Å². The minimum absolute atomic E-state index is 0.0185. The number of nitrogen functional groups attached to an aromatic ring is 1. The van der Waals surface area contributed by atoms with Gasteiger partial charge in [-0.05, 0) is 51.7 Å². The Balaban J connectivity index is 1.79. The van der Waals surface area contributed by atoms with Crippen molar-refractivity contribution in [3.63, 3.8) is 0 Å². The monoisotopic (exact) mass is 316 g/mol. The van der Waals surface area contributed by atoms with Crippen molar-refractivity contribution < 1.29 is 4.79 Å². The van der Waals surface area contributed by atoms with E-state index in [0.717, 1.165) is 22.1 Å². The molecule has 1 aliphatic rings. The number of nitrogens with one attached hydrogen (secondary N) is 1. The number of rotatable bonds is 2. The van der Waals surface area contributed by atoms with Crippen LogP contribution >= 0.6 is 15.9 Å². The van der Waals surface area contributed by atoms with E-state index in [1.165, 1.54) is 5.56 Å².